The third kappa shape index (κ3) is 4.51. The normalized spacial score (nSPS) is 16.3. The molecular formula is C20H20BrF3N6O2. The zero-order chi connectivity index (χ0) is 22.9. The van der Waals surface area contributed by atoms with E-state index in [0.717, 1.165) is 25.7 Å². The molecule has 0 bridgehead atoms. The van der Waals surface area contributed by atoms with Gasteiger partial charge in [0.25, 0.3) is 0 Å². The fraction of sp³-hybridized carbons (Fsp3) is 0.350. The summed E-state index contributed by atoms with van der Waals surface area (Å²) in [5.74, 6) is 0.506. The minimum Gasteiger partial charge on any atom is -0.453 e. The molecule has 0 spiro atoms. The van der Waals surface area contributed by atoms with Gasteiger partial charge in [0.05, 0.1) is 28.5 Å². The largest absolute Gasteiger partial charge is 0.453 e. The molecule has 0 radical (unpaired) electrons. The monoisotopic (exact) mass is 512 g/mol. The van der Waals surface area contributed by atoms with Crippen molar-refractivity contribution < 1.29 is 22.7 Å². The van der Waals surface area contributed by atoms with Crippen LogP contribution in [0, 0.1) is 5.92 Å². The maximum Gasteiger partial charge on any atom is 0.419 e. The van der Waals surface area contributed by atoms with E-state index in [1.54, 1.807) is 12.1 Å². The van der Waals surface area contributed by atoms with Gasteiger partial charge in [-0.1, -0.05) is 6.07 Å². The highest BCUT2D eigenvalue weighted by atomic mass is 79.9. The summed E-state index contributed by atoms with van der Waals surface area (Å²) in [5, 5.41) is 9.34. The van der Waals surface area contributed by atoms with Gasteiger partial charge in [0.1, 0.15) is 5.56 Å². The fourth-order valence-corrected chi connectivity index (χ4v) is 4.18. The third-order valence-corrected chi connectivity index (χ3v) is 6.10. The lowest BCUT2D eigenvalue weighted by atomic mass is 10.1. The Morgan fingerprint density at radius 2 is 2.19 bits per heavy atom. The van der Waals surface area contributed by atoms with Crippen molar-refractivity contribution in [3.63, 3.8) is 0 Å². The number of hydrogen-bond donors (Lipinski definition) is 4. The molecule has 1 amide bonds. The number of carbonyl (C=O) groups is 1. The Balaban J connectivity index is 1.74. The molecule has 3 heterocycles. The molecular weight excluding hydrogens is 493 g/mol. The number of methoxy groups -OCH3 is 1. The van der Waals surface area contributed by atoms with Gasteiger partial charge >= 0.3 is 12.3 Å². The highest BCUT2D eigenvalue weighted by molar-refractivity contribution is 9.10. The van der Waals surface area contributed by atoms with Crippen LogP contribution in [0.4, 0.5) is 29.6 Å². The summed E-state index contributed by atoms with van der Waals surface area (Å²) in [5.41, 5.74) is 0.0209. The van der Waals surface area contributed by atoms with Gasteiger partial charge in [-0.2, -0.15) is 13.2 Å². The van der Waals surface area contributed by atoms with Gasteiger partial charge in [0.15, 0.2) is 0 Å². The first-order valence-electron chi connectivity index (χ1n) is 9.81. The highest BCUT2D eigenvalue weighted by Crippen LogP contribution is 2.41. The van der Waals surface area contributed by atoms with E-state index < -0.39 is 17.8 Å². The molecule has 1 saturated heterocycles. The van der Waals surface area contributed by atoms with Gasteiger partial charge in [0.2, 0.25) is 5.95 Å². The number of ether oxygens (including phenoxy) is 1. The number of halogens is 4. The Kier molecular flexibility index (Phi) is 6.24. The van der Waals surface area contributed by atoms with Crippen LogP contribution < -0.4 is 16.0 Å². The number of benzene rings is 1. The molecule has 8 nitrogen and oxygen atoms in total. The molecule has 32 heavy (non-hydrogen) atoms. The zero-order valence-corrected chi connectivity index (χ0v) is 18.5. The number of nitrogens with one attached hydrogen (secondary N) is 4. The SMILES string of the molecule is COC(=O)Nc1ccc2c(-c3nc(NC[C@@H]4CCNC4)ncc3C(F)(F)F)c[nH]c2c1Br. The lowest BCUT2D eigenvalue weighted by molar-refractivity contribution is -0.137. The average molecular weight is 513 g/mol. The van der Waals surface area contributed by atoms with Gasteiger partial charge in [-0.05, 0) is 47.4 Å². The van der Waals surface area contributed by atoms with Gasteiger partial charge < -0.3 is 20.4 Å². The van der Waals surface area contributed by atoms with Crippen molar-refractivity contribution in [1.29, 1.82) is 0 Å². The Hall–Kier alpha value is -2.86. The van der Waals surface area contributed by atoms with Crippen LogP contribution >= 0.6 is 15.9 Å². The van der Waals surface area contributed by atoms with E-state index in [2.05, 4.69) is 51.6 Å². The molecule has 170 valence electrons. The van der Waals surface area contributed by atoms with Crippen molar-refractivity contribution >= 4 is 44.6 Å². The Morgan fingerprint density at radius 1 is 1.38 bits per heavy atom. The fourth-order valence-electron chi connectivity index (χ4n) is 3.62. The molecule has 1 aromatic carbocycles. The smallest absolute Gasteiger partial charge is 0.419 e. The van der Waals surface area contributed by atoms with Crippen LogP contribution in [0.25, 0.3) is 22.2 Å². The first kappa shape index (κ1) is 22.3. The van der Waals surface area contributed by atoms with Crippen molar-refractivity contribution in [2.75, 3.05) is 37.4 Å². The van der Waals surface area contributed by atoms with E-state index >= 15 is 0 Å². The first-order chi connectivity index (χ1) is 15.3. The quantitative estimate of drug-likeness (QED) is 0.398. The van der Waals surface area contributed by atoms with E-state index in [0.29, 0.717) is 33.5 Å². The van der Waals surface area contributed by atoms with Crippen LogP contribution in [0.2, 0.25) is 0 Å². The number of aromatic amines is 1. The summed E-state index contributed by atoms with van der Waals surface area (Å²) >= 11 is 3.39. The second kappa shape index (κ2) is 8.94. The first-order valence-corrected chi connectivity index (χ1v) is 10.6. The van der Waals surface area contributed by atoms with Crippen molar-refractivity contribution in [2.45, 2.75) is 12.6 Å². The molecule has 4 N–H and O–H groups in total. The number of hydrogen-bond acceptors (Lipinski definition) is 6. The molecule has 1 fully saturated rings. The topological polar surface area (TPSA) is 104 Å². The predicted octanol–water partition coefficient (Wildman–Crippen LogP) is 4.61. The standard InChI is InChI=1S/C20H20BrF3N6O2/c1-32-19(31)29-14-3-2-11-12(8-26-17(11)15(14)21)16-13(20(22,23)24)9-28-18(30-16)27-7-10-4-5-25-6-10/h2-3,8-10,25-26H,4-7H2,1H3,(H,29,31)(H,27,28,30)/t10-/m1/s1. The number of anilines is 2. The predicted molar refractivity (Wildman–Crippen MR) is 118 cm³/mol. The van der Waals surface area contributed by atoms with E-state index in [9.17, 15) is 18.0 Å². The molecule has 1 atom stereocenters. The van der Waals surface area contributed by atoms with Crippen LogP contribution in [0.3, 0.4) is 0 Å². The summed E-state index contributed by atoms with van der Waals surface area (Å²) in [4.78, 5) is 22.6. The molecule has 0 unspecified atom stereocenters. The lowest BCUT2D eigenvalue weighted by Crippen LogP contribution is -2.19. The van der Waals surface area contributed by atoms with Gasteiger partial charge in [0, 0.05) is 29.9 Å². The Bertz CT molecular complexity index is 1140. The average Bonchev–Trinajstić information content (AvgIpc) is 3.43. The van der Waals surface area contributed by atoms with Crippen molar-refractivity contribution in [1.82, 2.24) is 20.3 Å². The van der Waals surface area contributed by atoms with Crippen molar-refractivity contribution in [3.8, 4) is 11.3 Å². The molecule has 0 aliphatic carbocycles. The molecule has 1 aliphatic rings. The number of amides is 1. The summed E-state index contributed by atoms with van der Waals surface area (Å²) < 4.78 is 46.3. The minimum absolute atomic E-state index is 0.136. The number of nitrogens with zero attached hydrogens (tertiary/aromatic N) is 2. The van der Waals surface area contributed by atoms with E-state index in [1.165, 1.54) is 13.3 Å². The Morgan fingerprint density at radius 3 is 2.88 bits per heavy atom. The van der Waals surface area contributed by atoms with Crippen LogP contribution in [0.5, 0.6) is 0 Å². The number of carbonyl (C=O) groups excluding carboxylic acids is 1. The van der Waals surface area contributed by atoms with E-state index in [-0.39, 0.29) is 17.2 Å². The lowest BCUT2D eigenvalue weighted by Gasteiger charge is -2.15. The van der Waals surface area contributed by atoms with Gasteiger partial charge in [-0.25, -0.2) is 14.8 Å². The molecule has 3 aromatic rings. The number of aromatic nitrogens is 3. The summed E-state index contributed by atoms with van der Waals surface area (Å²) in [6.45, 7) is 2.33. The Labute approximate surface area is 189 Å². The van der Waals surface area contributed by atoms with E-state index in [4.69, 9.17) is 0 Å². The second-order valence-electron chi connectivity index (χ2n) is 7.36. The zero-order valence-electron chi connectivity index (χ0n) is 16.9. The van der Waals surface area contributed by atoms with Crippen molar-refractivity contribution in [2.24, 2.45) is 5.92 Å². The summed E-state index contributed by atoms with van der Waals surface area (Å²) in [6.07, 6.45) is -2.05. The van der Waals surface area contributed by atoms with Crippen molar-refractivity contribution in [3.05, 3.63) is 34.6 Å². The van der Waals surface area contributed by atoms with Crippen LogP contribution in [0.1, 0.15) is 12.0 Å². The summed E-state index contributed by atoms with van der Waals surface area (Å²) in [7, 11) is 1.23. The molecule has 0 saturated carbocycles. The van der Waals surface area contributed by atoms with E-state index in [1.807, 2.05) is 0 Å². The van der Waals surface area contributed by atoms with Gasteiger partial charge in [-0.15, -0.1) is 0 Å². The summed E-state index contributed by atoms with van der Waals surface area (Å²) in [6, 6.07) is 3.18. The molecule has 4 rings (SSSR count). The number of fused-ring (bicyclic) bond motifs is 1. The third-order valence-electron chi connectivity index (χ3n) is 5.28. The molecule has 12 heteroatoms. The van der Waals surface area contributed by atoms with Crippen LogP contribution in [0.15, 0.2) is 29.0 Å². The number of rotatable bonds is 5. The number of alkyl halides is 3. The maximum atomic E-state index is 13.7. The molecule has 2 aromatic heterocycles. The van der Waals surface area contributed by atoms with Crippen LogP contribution in [-0.4, -0.2) is 47.8 Å². The maximum absolute atomic E-state index is 13.7. The molecule has 1 aliphatic heterocycles. The van der Waals surface area contributed by atoms with Crippen LogP contribution in [-0.2, 0) is 10.9 Å². The highest BCUT2D eigenvalue weighted by Gasteiger charge is 2.36. The number of H-pyrrole nitrogens is 1. The van der Waals surface area contributed by atoms with Gasteiger partial charge in [-0.3, -0.25) is 5.32 Å². The minimum atomic E-state index is -4.63. The second-order valence-corrected chi connectivity index (χ2v) is 8.15.